The number of likely N-dealkylation sites (tertiary alicyclic amines) is 1. The van der Waals surface area contributed by atoms with E-state index in [0.717, 1.165) is 11.3 Å². The largest absolute Gasteiger partial charge is 0.507 e. The van der Waals surface area contributed by atoms with Crippen LogP contribution in [0.15, 0.2) is 76.9 Å². The number of amides is 1. The molecule has 7 nitrogen and oxygen atoms in total. The topological polar surface area (TPSA) is 83.2 Å². The molecule has 1 N–H and O–H groups in total. The minimum Gasteiger partial charge on any atom is -0.507 e. The van der Waals surface area contributed by atoms with Crippen molar-refractivity contribution in [1.82, 2.24) is 4.90 Å². The first-order chi connectivity index (χ1) is 16.3. The number of ether oxygens (including phenoxy) is 1. The molecular formula is C27H28N2O5. The molecule has 1 aliphatic rings. The molecule has 0 bridgehead atoms. The normalized spacial score (nSPS) is 17.4. The summed E-state index contributed by atoms with van der Waals surface area (Å²) >= 11 is 0. The van der Waals surface area contributed by atoms with E-state index in [1.165, 1.54) is 11.2 Å². The maximum atomic E-state index is 13.2. The second-order valence-electron chi connectivity index (χ2n) is 8.68. The Morgan fingerprint density at radius 1 is 1.06 bits per heavy atom. The zero-order chi connectivity index (χ0) is 24.4. The summed E-state index contributed by atoms with van der Waals surface area (Å²) in [6, 6.07) is 17.1. The lowest BCUT2D eigenvalue weighted by molar-refractivity contribution is -0.140. The molecular weight excluding hydrogens is 432 g/mol. The van der Waals surface area contributed by atoms with Gasteiger partial charge in [0, 0.05) is 25.3 Å². The van der Waals surface area contributed by atoms with Gasteiger partial charge in [-0.05, 0) is 67.9 Å². The number of ketones is 1. The molecule has 0 saturated carbocycles. The lowest BCUT2D eigenvalue weighted by Gasteiger charge is -2.25. The second kappa shape index (κ2) is 9.47. The zero-order valence-electron chi connectivity index (χ0n) is 19.7. The van der Waals surface area contributed by atoms with Crippen molar-refractivity contribution in [2.75, 3.05) is 19.0 Å². The fourth-order valence-electron chi connectivity index (χ4n) is 4.03. The Hall–Kier alpha value is -4.00. The summed E-state index contributed by atoms with van der Waals surface area (Å²) in [7, 11) is 3.87. The van der Waals surface area contributed by atoms with Gasteiger partial charge in [-0.25, -0.2) is 0 Å². The van der Waals surface area contributed by atoms with Crippen LogP contribution in [0.1, 0.15) is 36.8 Å². The summed E-state index contributed by atoms with van der Waals surface area (Å²) in [5.41, 5.74) is 2.18. The van der Waals surface area contributed by atoms with Crippen molar-refractivity contribution in [2.24, 2.45) is 0 Å². The first kappa shape index (κ1) is 23.2. The van der Waals surface area contributed by atoms with Crippen LogP contribution in [-0.2, 0) is 16.1 Å². The molecule has 1 fully saturated rings. The third-order valence-electron chi connectivity index (χ3n) is 5.67. The molecule has 1 unspecified atom stereocenters. The third-order valence-corrected chi connectivity index (χ3v) is 5.67. The fourth-order valence-corrected chi connectivity index (χ4v) is 4.03. The number of hydrogen-bond acceptors (Lipinski definition) is 6. The molecule has 0 radical (unpaired) electrons. The Balaban J connectivity index is 1.79. The van der Waals surface area contributed by atoms with Gasteiger partial charge in [0.25, 0.3) is 11.7 Å². The van der Waals surface area contributed by atoms with Gasteiger partial charge in [0.15, 0.2) is 0 Å². The summed E-state index contributed by atoms with van der Waals surface area (Å²) in [6.07, 6.45) is 1.53. The van der Waals surface area contributed by atoms with Gasteiger partial charge in [-0.2, -0.15) is 0 Å². The molecule has 34 heavy (non-hydrogen) atoms. The van der Waals surface area contributed by atoms with E-state index < -0.39 is 17.7 Å². The lowest BCUT2D eigenvalue weighted by Crippen LogP contribution is -2.29. The summed E-state index contributed by atoms with van der Waals surface area (Å²) in [4.78, 5) is 29.6. The Kier molecular flexibility index (Phi) is 6.45. The number of nitrogens with zero attached hydrogens (tertiary/aromatic N) is 2. The monoisotopic (exact) mass is 460 g/mol. The van der Waals surface area contributed by atoms with Crippen LogP contribution >= 0.6 is 0 Å². The summed E-state index contributed by atoms with van der Waals surface area (Å²) in [5.74, 6) is -0.432. The van der Waals surface area contributed by atoms with E-state index in [0.29, 0.717) is 17.1 Å². The Labute approximate surface area is 198 Å². The van der Waals surface area contributed by atoms with Gasteiger partial charge in [0.1, 0.15) is 17.3 Å². The van der Waals surface area contributed by atoms with Crippen molar-refractivity contribution >= 4 is 23.1 Å². The minimum absolute atomic E-state index is 0.0107. The van der Waals surface area contributed by atoms with Gasteiger partial charge < -0.3 is 24.1 Å². The first-order valence-electron chi connectivity index (χ1n) is 11.1. The predicted octanol–water partition coefficient (Wildman–Crippen LogP) is 4.75. The number of benzene rings is 2. The van der Waals surface area contributed by atoms with Gasteiger partial charge >= 0.3 is 0 Å². The zero-order valence-corrected chi connectivity index (χ0v) is 19.7. The van der Waals surface area contributed by atoms with E-state index in [9.17, 15) is 14.7 Å². The highest BCUT2D eigenvalue weighted by Gasteiger charge is 2.46. The number of Topliss-reactive ketones (excluding diaryl/α,β-unsaturated/α-hetero) is 1. The van der Waals surface area contributed by atoms with Crippen molar-refractivity contribution in [2.45, 2.75) is 32.5 Å². The van der Waals surface area contributed by atoms with E-state index in [-0.39, 0.29) is 24.0 Å². The van der Waals surface area contributed by atoms with Crippen LogP contribution in [0.25, 0.3) is 5.76 Å². The highest BCUT2D eigenvalue weighted by Crippen LogP contribution is 2.40. The predicted molar refractivity (Wildman–Crippen MR) is 130 cm³/mol. The molecule has 2 heterocycles. The number of furan rings is 1. The molecule has 0 aliphatic carbocycles. The van der Waals surface area contributed by atoms with Gasteiger partial charge in [0.05, 0.1) is 30.5 Å². The first-order valence-corrected chi connectivity index (χ1v) is 11.1. The molecule has 1 aromatic heterocycles. The van der Waals surface area contributed by atoms with Crippen molar-refractivity contribution < 1.29 is 23.8 Å². The molecule has 1 aliphatic heterocycles. The van der Waals surface area contributed by atoms with Crippen LogP contribution in [0.5, 0.6) is 5.75 Å². The van der Waals surface area contributed by atoms with Gasteiger partial charge in [-0.1, -0.05) is 12.1 Å². The number of aliphatic hydroxyl groups is 1. The molecule has 4 rings (SSSR count). The average Bonchev–Trinajstić information content (AvgIpc) is 3.41. The minimum atomic E-state index is -0.757. The van der Waals surface area contributed by atoms with Crippen molar-refractivity contribution in [3.63, 3.8) is 0 Å². The van der Waals surface area contributed by atoms with Gasteiger partial charge in [0.2, 0.25) is 0 Å². The van der Waals surface area contributed by atoms with E-state index in [1.807, 2.05) is 57.1 Å². The number of hydrogen-bond donors (Lipinski definition) is 1. The second-order valence-corrected chi connectivity index (χ2v) is 8.68. The Bertz CT molecular complexity index is 1190. The molecule has 0 spiro atoms. The molecule has 1 saturated heterocycles. The van der Waals surface area contributed by atoms with E-state index in [2.05, 4.69) is 0 Å². The summed E-state index contributed by atoms with van der Waals surface area (Å²) < 4.78 is 11.1. The van der Waals surface area contributed by atoms with Crippen LogP contribution in [0, 0.1) is 0 Å². The SMILES string of the molecule is CC(C)Oc1ccc(/C(O)=C2/C(=O)C(=O)N(Cc3ccco3)C2c2ccc(N(C)C)cc2)cc1. The van der Waals surface area contributed by atoms with Crippen LogP contribution < -0.4 is 9.64 Å². The van der Waals surface area contributed by atoms with Crippen molar-refractivity contribution in [1.29, 1.82) is 0 Å². The van der Waals surface area contributed by atoms with Crippen molar-refractivity contribution in [3.05, 3.63) is 89.4 Å². The summed E-state index contributed by atoms with van der Waals surface area (Å²) in [6.45, 7) is 3.96. The highest BCUT2D eigenvalue weighted by atomic mass is 16.5. The average molecular weight is 461 g/mol. The van der Waals surface area contributed by atoms with Crippen LogP contribution in [0.3, 0.4) is 0 Å². The van der Waals surface area contributed by atoms with Gasteiger partial charge in [-0.3, -0.25) is 9.59 Å². The smallest absolute Gasteiger partial charge is 0.296 e. The van der Waals surface area contributed by atoms with Crippen LogP contribution in [0.2, 0.25) is 0 Å². The van der Waals surface area contributed by atoms with E-state index in [4.69, 9.17) is 9.15 Å². The Morgan fingerprint density at radius 3 is 2.29 bits per heavy atom. The lowest BCUT2D eigenvalue weighted by atomic mass is 9.95. The number of carbonyl (C=O) groups is 2. The molecule has 176 valence electrons. The molecule has 1 amide bonds. The Morgan fingerprint density at radius 2 is 1.74 bits per heavy atom. The van der Waals surface area contributed by atoms with Crippen molar-refractivity contribution in [3.8, 4) is 5.75 Å². The number of aliphatic hydroxyl groups excluding tert-OH is 1. The number of anilines is 1. The summed E-state index contributed by atoms with van der Waals surface area (Å²) in [5, 5.41) is 11.2. The quantitative estimate of drug-likeness (QED) is 0.311. The number of carbonyl (C=O) groups excluding carboxylic acids is 2. The van der Waals surface area contributed by atoms with E-state index in [1.54, 1.807) is 36.4 Å². The maximum absolute atomic E-state index is 13.2. The molecule has 2 aromatic carbocycles. The van der Waals surface area contributed by atoms with Gasteiger partial charge in [-0.15, -0.1) is 0 Å². The fraction of sp³-hybridized carbons (Fsp3) is 0.259. The van der Waals surface area contributed by atoms with E-state index >= 15 is 0 Å². The number of rotatable bonds is 7. The maximum Gasteiger partial charge on any atom is 0.296 e. The molecule has 1 atom stereocenters. The molecule has 3 aromatic rings. The van der Waals surface area contributed by atoms with Crippen LogP contribution in [-0.4, -0.2) is 41.9 Å². The highest BCUT2D eigenvalue weighted by molar-refractivity contribution is 6.46. The third kappa shape index (κ3) is 4.55. The van der Waals surface area contributed by atoms with Crippen LogP contribution in [0.4, 0.5) is 5.69 Å². The molecule has 7 heteroatoms. The standard InChI is InChI=1S/C27H28N2O5/c1-17(2)34-21-13-9-19(10-14-21)25(30)23-24(18-7-11-20(12-8-18)28(3)4)29(27(32)26(23)31)16-22-6-5-15-33-22/h5-15,17,24,30H,16H2,1-4H3/b25-23-.